The SMILES string of the molecule is C[C@]12CC[C@H]3[C@@H](C=CC4=C(N)C(=O)CC(C(N)=O)[C@@]43C)[C@@H]1CC[C@@H]2C(=O)O. The largest absolute Gasteiger partial charge is 0.481 e. The maximum atomic E-state index is 12.3. The van der Waals surface area contributed by atoms with E-state index in [-0.39, 0.29) is 47.0 Å². The van der Waals surface area contributed by atoms with Crippen LogP contribution in [0.2, 0.25) is 0 Å². The molecule has 0 aliphatic heterocycles. The van der Waals surface area contributed by atoms with Gasteiger partial charge in [-0.2, -0.15) is 0 Å². The summed E-state index contributed by atoms with van der Waals surface area (Å²) in [6.07, 6.45) is 7.32. The second-order valence-electron chi connectivity index (χ2n) is 9.35. The van der Waals surface area contributed by atoms with E-state index in [0.717, 1.165) is 24.8 Å². The summed E-state index contributed by atoms with van der Waals surface area (Å²) in [7, 11) is 0. The molecule has 0 radical (unpaired) electrons. The molecule has 6 heteroatoms. The van der Waals surface area contributed by atoms with E-state index in [1.165, 1.54) is 0 Å². The summed E-state index contributed by atoms with van der Waals surface area (Å²) in [4.78, 5) is 36.4. The number of fused-ring (bicyclic) bond motifs is 5. The zero-order valence-corrected chi connectivity index (χ0v) is 15.9. The van der Waals surface area contributed by atoms with Crippen molar-refractivity contribution in [2.45, 2.75) is 46.0 Å². The fourth-order valence-electron chi connectivity index (χ4n) is 7.04. The van der Waals surface area contributed by atoms with Crippen molar-refractivity contribution >= 4 is 17.7 Å². The summed E-state index contributed by atoms with van der Waals surface area (Å²) in [5.74, 6) is -1.64. The Morgan fingerprint density at radius 2 is 1.85 bits per heavy atom. The van der Waals surface area contributed by atoms with Gasteiger partial charge in [-0.05, 0) is 54.4 Å². The zero-order chi connectivity index (χ0) is 19.7. The summed E-state index contributed by atoms with van der Waals surface area (Å²) in [5.41, 5.74) is 12.1. The van der Waals surface area contributed by atoms with E-state index >= 15 is 0 Å². The predicted octanol–water partition coefficient (Wildman–Crippen LogP) is 1.99. The molecule has 4 aliphatic carbocycles. The summed E-state index contributed by atoms with van der Waals surface area (Å²) >= 11 is 0. The van der Waals surface area contributed by atoms with Crippen molar-refractivity contribution in [1.82, 2.24) is 0 Å². The summed E-state index contributed by atoms with van der Waals surface area (Å²) < 4.78 is 0. The topological polar surface area (TPSA) is 123 Å². The first kappa shape index (κ1) is 18.3. The van der Waals surface area contributed by atoms with Gasteiger partial charge in [0.25, 0.3) is 0 Å². The Hall–Kier alpha value is -2.11. The van der Waals surface area contributed by atoms with Gasteiger partial charge < -0.3 is 16.6 Å². The van der Waals surface area contributed by atoms with Crippen molar-refractivity contribution in [3.63, 3.8) is 0 Å². The number of amides is 1. The number of carboxylic acid groups (broad SMARTS) is 1. The number of nitrogens with two attached hydrogens (primary N) is 2. The van der Waals surface area contributed by atoms with Gasteiger partial charge in [-0.3, -0.25) is 14.4 Å². The van der Waals surface area contributed by atoms with Gasteiger partial charge in [-0.1, -0.05) is 26.0 Å². The highest BCUT2D eigenvalue weighted by Gasteiger charge is 2.62. The van der Waals surface area contributed by atoms with E-state index in [1.807, 2.05) is 13.0 Å². The van der Waals surface area contributed by atoms with Gasteiger partial charge in [0.15, 0.2) is 5.78 Å². The molecule has 6 nitrogen and oxygen atoms in total. The van der Waals surface area contributed by atoms with E-state index in [1.54, 1.807) is 0 Å². The van der Waals surface area contributed by atoms with Gasteiger partial charge in [0.2, 0.25) is 5.91 Å². The Morgan fingerprint density at radius 3 is 2.48 bits per heavy atom. The van der Waals surface area contributed by atoms with Crippen LogP contribution in [0.5, 0.6) is 0 Å². The Morgan fingerprint density at radius 1 is 1.15 bits per heavy atom. The van der Waals surface area contributed by atoms with E-state index < -0.39 is 23.2 Å². The lowest BCUT2D eigenvalue weighted by atomic mass is 9.46. The molecule has 0 heterocycles. The number of allylic oxidation sites excluding steroid dienone is 4. The van der Waals surface area contributed by atoms with E-state index in [2.05, 4.69) is 13.0 Å². The highest BCUT2D eigenvalue weighted by atomic mass is 16.4. The van der Waals surface area contributed by atoms with Gasteiger partial charge in [-0.15, -0.1) is 0 Å². The lowest BCUT2D eigenvalue weighted by Gasteiger charge is -2.57. The van der Waals surface area contributed by atoms with Crippen LogP contribution in [0.4, 0.5) is 0 Å². The molecule has 2 fully saturated rings. The van der Waals surface area contributed by atoms with Crippen LogP contribution in [0, 0.1) is 40.4 Å². The molecule has 2 saturated carbocycles. The second-order valence-corrected chi connectivity index (χ2v) is 9.35. The summed E-state index contributed by atoms with van der Waals surface area (Å²) in [6, 6.07) is 0. The first-order chi connectivity index (χ1) is 12.6. The van der Waals surface area contributed by atoms with Crippen molar-refractivity contribution in [3.05, 3.63) is 23.4 Å². The van der Waals surface area contributed by atoms with Gasteiger partial charge in [0.1, 0.15) is 0 Å². The minimum atomic E-state index is -0.701. The van der Waals surface area contributed by atoms with Crippen LogP contribution in [0.3, 0.4) is 0 Å². The molecule has 146 valence electrons. The van der Waals surface area contributed by atoms with Crippen molar-refractivity contribution < 1.29 is 19.5 Å². The number of carbonyl (C=O) groups excluding carboxylic acids is 2. The molecule has 0 aromatic rings. The van der Waals surface area contributed by atoms with Crippen LogP contribution >= 0.6 is 0 Å². The summed E-state index contributed by atoms with van der Waals surface area (Å²) in [5, 5.41) is 9.69. The van der Waals surface area contributed by atoms with Crippen LogP contribution in [-0.2, 0) is 14.4 Å². The molecule has 27 heavy (non-hydrogen) atoms. The third-order valence-electron chi connectivity index (χ3n) is 8.51. The number of Topliss-reactive ketones (excluding diaryl/α,β-unsaturated/α-hetero) is 1. The van der Waals surface area contributed by atoms with Crippen LogP contribution in [0.15, 0.2) is 23.4 Å². The maximum Gasteiger partial charge on any atom is 0.307 e. The maximum absolute atomic E-state index is 12.3. The molecule has 4 aliphatic rings. The minimum Gasteiger partial charge on any atom is -0.481 e. The number of hydrogen-bond acceptors (Lipinski definition) is 4. The number of carbonyl (C=O) groups is 3. The smallest absolute Gasteiger partial charge is 0.307 e. The Kier molecular flexibility index (Phi) is 3.85. The molecule has 4 rings (SSSR count). The highest BCUT2D eigenvalue weighted by molar-refractivity contribution is 6.00. The zero-order valence-electron chi connectivity index (χ0n) is 15.9. The normalized spacial score (nSPS) is 45.9. The number of rotatable bonds is 2. The van der Waals surface area contributed by atoms with Gasteiger partial charge in [0.05, 0.1) is 17.5 Å². The van der Waals surface area contributed by atoms with Crippen molar-refractivity contribution in [1.29, 1.82) is 0 Å². The minimum absolute atomic E-state index is 0.0674. The molecule has 0 aromatic heterocycles. The molecule has 0 aromatic carbocycles. The Bertz CT molecular complexity index is 800. The number of aliphatic carboxylic acids is 1. The number of primary amides is 1. The molecular weight excluding hydrogens is 344 g/mol. The summed E-state index contributed by atoms with van der Waals surface area (Å²) in [6.45, 7) is 4.15. The third kappa shape index (κ3) is 2.21. The molecular formula is C21H28N2O4. The van der Waals surface area contributed by atoms with E-state index in [4.69, 9.17) is 11.5 Å². The van der Waals surface area contributed by atoms with E-state index in [0.29, 0.717) is 6.42 Å². The molecule has 1 amide bonds. The third-order valence-corrected chi connectivity index (χ3v) is 8.51. The molecule has 0 spiro atoms. The van der Waals surface area contributed by atoms with Crippen molar-refractivity contribution in [3.8, 4) is 0 Å². The molecule has 7 atom stereocenters. The van der Waals surface area contributed by atoms with Crippen LogP contribution < -0.4 is 11.5 Å². The van der Waals surface area contributed by atoms with Crippen molar-refractivity contribution in [2.75, 3.05) is 0 Å². The number of carboxylic acids is 1. The number of ketones is 1. The highest BCUT2D eigenvalue weighted by Crippen LogP contribution is 2.66. The number of hydrogen-bond donors (Lipinski definition) is 3. The fourth-order valence-corrected chi connectivity index (χ4v) is 7.04. The lowest BCUT2D eigenvalue weighted by molar-refractivity contribution is -0.148. The second kappa shape index (κ2) is 5.69. The van der Waals surface area contributed by atoms with Crippen LogP contribution in [-0.4, -0.2) is 22.8 Å². The fraction of sp³-hybridized carbons (Fsp3) is 0.667. The molecule has 1 unspecified atom stereocenters. The van der Waals surface area contributed by atoms with Crippen LogP contribution in [0.25, 0.3) is 0 Å². The van der Waals surface area contributed by atoms with E-state index in [9.17, 15) is 19.5 Å². The van der Waals surface area contributed by atoms with Gasteiger partial charge in [0, 0.05) is 11.8 Å². The first-order valence-corrected chi connectivity index (χ1v) is 9.86. The predicted molar refractivity (Wildman–Crippen MR) is 98.9 cm³/mol. The Labute approximate surface area is 159 Å². The first-order valence-electron chi connectivity index (χ1n) is 9.86. The standard InChI is InChI=1S/C21H28N2O4/c1-20-8-7-12-10(11(20)5-6-14(20)19(26)27)3-4-13-17(22)16(24)9-15(18(23)25)21(12,13)2/h3-4,10-12,14-15H,5-9,22H2,1-2H3,(H2,23,25)(H,26,27)/t10-,11-,12-,14+,15?,20-,21+/m0/s1. The Balaban J connectivity index is 1.81. The van der Waals surface area contributed by atoms with Crippen LogP contribution in [0.1, 0.15) is 46.0 Å². The molecule has 0 bridgehead atoms. The molecule has 5 N–H and O–H groups in total. The monoisotopic (exact) mass is 372 g/mol. The van der Waals surface area contributed by atoms with Gasteiger partial charge in [-0.25, -0.2) is 0 Å². The average Bonchev–Trinajstić information content (AvgIpc) is 2.95. The van der Waals surface area contributed by atoms with Crippen molar-refractivity contribution in [2.24, 2.45) is 51.9 Å². The molecule has 0 saturated heterocycles. The quantitative estimate of drug-likeness (QED) is 0.684. The average molecular weight is 372 g/mol. The lowest BCUT2D eigenvalue weighted by Crippen LogP contribution is -2.56. The van der Waals surface area contributed by atoms with Gasteiger partial charge >= 0.3 is 5.97 Å².